The first-order chi connectivity index (χ1) is 18.0. The van der Waals surface area contributed by atoms with Crippen LogP contribution < -0.4 is 14.8 Å². The number of amides is 2. The van der Waals surface area contributed by atoms with Crippen molar-refractivity contribution < 1.29 is 19.1 Å². The summed E-state index contributed by atoms with van der Waals surface area (Å²) in [5.74, 6) is 1.47. The van der Waals surface area contributed by atoms with Gasteiger partial charge < -0.3 is 24.7 Å². The molecular formula is C31H39N3O4. The molecule has 7 nitrogen and oxygen atoms in total. The lowest BCUT2D eigenvalue weighted by Crippen LogP contribution is -2.56. The number of hydrogen-bond acceptors (Lipinski definition) is 4. The van der Waals surface area contributed by atoms with Crippen LogP contribution in [-0.4, -0.2) is 47.5 Å². The fourth-order valence-corrected chi connectivity index (χ4v) is 6.27. The first-order valence-electron chi connectivity index (χ1n) is 13.4. The minimum Gasteiger partial charge on any atom is -0.497 e. The number of nitrogens with zero attached hydrogens (tertiary/aromatic N) is 1. The fourth-order valence-electron chi connectivity index (χ4n) is 6.27. The summed E-state index contributed by atoms with van der Waals surface area (Å²) in [4.78, 5) is 32.9. The molecule has 3 aromatic rings. The molecule has 2 N–H and O–H groups in total. The highest BCUT2D eigenvalue weighted by Gasteiger charge is 2.60. The summed E-state index contributed by atoms with van der Waals surface area (Å²) in [7, 11) is 3.14. The van der Waals surface area contributed by atoms with E-state index in [1.807, 2.05) is 24.8 Å². The molecular weight excluding hydrogens is 478 g/mol. The van der Waals surface area contributed by atoms with Gasteiger partial charge in [0.25, 0.3) is 0 Å². The standard InChI is InChI=1S/C31H39N3O4/c1-18-27(21-10-8-9-11-23(21)32-18)28-22(30(28,2)3)17-26(35)34(19-12-13-19)31(4,5)29(36)33-24-15-14-20(37-6)16-25(24)38-7/h8-11,14-16,19,22,28,32H,12-13,17H2,1-7H3,(H,33,36)/t22-,28+/m0/s1. The molecule has 2 amide bonds. The van der Waals surface area contributed by atoms with Crippen molar-refractivity contribution in [2.45, 2.75) is 71.4 Å². The summed E-state index contributed by atoms with van der Waals surface area (Å²) in [6.07, 6.45) is 2.27. The number of fused-ring (bicyclic) bond motifs is 1. The van der Waals surface area contributed by atoms with Gasteiger partial charge >= 0.3 is 0 Å². The molecule has 202 valence electrons. The van der Waals surface area contributed by atoms with Crippen LogP contribution in [-0.2, 0) is 9.59 Å². The Morgan fingerprint density at radius 3 is 2.47 bits per heavy atom. The maximum Gasteiger partial charge on any atom is 0.249 e. The molecule has 2 saturated carbocycles. The number of benzene rings is 2. The second-order valence-electron chi connectivity index (χ2n) is 11.9. The molecule has 5 rings (SSSR count). The maximum absolute atomic E-state index is 13.9. The summed E-state index contributed by atoms with van der Waals surface area (Å²) >= 11 is 0. The van der Waals surface area contributed by atoms with Gasteiger partial charge in [0.15, 0.2) is 0 Å². The van der Waals surface area contributed by atoms with E-state index in [2.05, 4.69) is 49.3 Å². The van der Waals surface area contributed by atoms with Crippen LogP contribution in [0.2, 0.25) is 0 Å². The van der Waals surface area contributed by atoms with E-state index in [4.69, 9.17) is 9.47 Å². The number of carbonyl (C=O) groups is 2. The van der Waals surface area contributed by atoms with Gasteiger partial charge in [-0.1, -0.05) is 32.0 Å². The zero-order chi connectivity index (χ0) is 27.4. The predicted octanol–water partition coefficient (Wildman–Crippen LogP) is 6.03. The maximum atomic E-state index is 13.9. The number of methoxy groups -OCH3 is 2. The Kier molecular flexibility index (Phi) is 6.44. The summed E-state index contributed by atoms with van der Waals surface area (Å²) < 4.78 is 10.7. The van der Waals surface area contributed by atoms with Crippen molar-refractivity contribution in [2.24, 2.45) is 11.3 Å². The van der Waals surface area contributed by atoms with Gasteiger partial charge in [-0.25, -0.2) is 0 Å². The summed E-state index contributed by atoms with van der Waals surface area (Å²) in [5.41, 5.74) is 3.17. The number of nitrogens with one attached hydrogen (secondary N) is 2. The lowest BCUT2D eigenvalue weighted by atomic mass is 9.98. The molecule has 2 aliphatic carbocycles. The smallest absolute Gasteiger partial charge is 0.249 e. The normalized spacial score (nSPS) is 20.2. The molecule has 38 heavy (non-hydrogen) atoms. The van der Waals surface area contributed by atoms with Crippen molar-refractivity contribution in [3.63, 3.8) is 0 Å². The number of para-hydroxylation sites is 1. The third-order valence-electron chi connectivity index (χ3n) is 8.69. The van der Waals surface area contributed by atoms with E-state index in [9.17, 15) is 9.59 Å². The van der Waals surface area contributed by atoms with Gasteiger partial charge in [-0.05, 0) is 74.6 Å². The lowest BCUT2D eigenvalue weighted by molar-refractivity contribution is -0.144. The van der Waals surface area contributed by atoms with Crippen LogP contribution in [0.1, 0.15) is 64.1 Å². The zero-order valence-corrected chi connectivity index (χ0v) is 23.5. The third kappa shape index (κ3) is 4.42. The number of ether oxygens (including phenoxy) is 2. The van der Waals surface area contributed by atoms with Crippen LogP contribution in [0.25, 0.3) is 10.9 Å². The van der Waals surface area contributed by atoms with E-state index >= 15 is 0 Å². The van der Waals surface area contributed by atoms with Gasteiger partial charge in [0.1, 0.15) is 17.0 Å². The molecule has 0 spiro atoms. The Morgan fingerprint density at radius 2 is 1.82 bits per heavy atom. The first-order valence-corrected chi connectivity index (χ1v) is 13.4. The monoisotopic (exact) mass is 517 g/mol. The number of aromatic nitrogens is 1. The largest absolute Gasteiger partial charge is 0.497 e. The highest BCUT2D eigenvalue weighted by atomic mass is 16.5. The fraction of sp³-hybridized carbons (Fsp3) is 0.484. The molecule has 0 aliphatic heterocycles. The van der Waals surface area contributed by atoms with Gasteiger partial charge in [0.2, 0.25) is 11.8 Å². The zero-order valence-electron chi connectivity index (χ0n) is 23.5. The molecule has 2 aromatic carbocycles. The minimum absolute atomic E-state index is 0.00344. The molecule has 7 heteroatoms. The van der Waals surface area contributed by atoms with Crippen molar-refractivity contribution in [1.82, 2.24) is 9.88 Å². The summed E-state index contributed by atoms with van der Waals surface area (Å²) in [6, 6.07) is 13.7. The Hall–Kier alpha value is -3.48. The van der Waals surface area contributed by atoms with Gasteiger partial charge in [-0.15, -0.1) is 0 Å². The van der Waals surface area contributed by atoms with E-state index in [-0.39, 0.29) is 29.2 Å². The van der Waals surface area contributed by atoms with Gasteiger partial charge in [-0.2, -0.15) is 0 Å². The molecule has 1 heterocycles. The summed E-state index contributed by atoms with van der Waals surface area (Å²) in [5, 5.41) is 4.24. The molecule has 0 radical (unpaired) electrons. The minimum atomic E-state index is -1.02. The van der Waals surface area contributed by atoms with Gasteiger partial charge in [-0.3, -0.25) is 9.59 Å². The highest BCUT2D eigenvalue weighted by Crippen LogP contribution is 2.67. The van der Waals surface area contributed by atoms with E-state index in [0.717, 1.165) is 18.4 Å². The Bertz CT molecular complexity index is 1390. The summed E-state index contributed by atoms with van der Waals surface area (Å²) in [6.45, 7) is 10.3. The molecule has 1 aromatic heterocycles. The van der Waals surface area contributed by atoms with Crippen LogP contribution in [0.3, 0.4) is 0 Å². The number of hydrogen-bond donors (Lipinski definition) is 2. The highest BCUT2D eigenvalue weighted by molar-refractivity contribution is 6.01. The Labute approximate surface area is 224 Å². The lowest BCUT2D eigenvalue weighted by Gasteiger charge is -2.38. The van der Waals surface area contributed by atoms with E-state index in [1.165, 1.54) is 16.6 Å². The topological polar surface area (TPSA) is 83.7 Å². The van der Waals surface area contributed by atoms with E-state index in [1.54, 1.807) is 32.4 Å². The molecule has 2 fully saturated rings. The average molecular weight is 518 g/mol. The van der Waals surface area contributed by atoms with Crippen molar-refractivity contribution in [3.8, 4) is 11.5 Å². The Balaban J connectivity index is 1.36. The Morgan fingerprint density at radius 1 is 1.11 bits per heavy atom. The molecule has 0 bridgehead atoms. The van der Waals surface area contributed by atoms with Crippen molar-refractivity contribution in [2.75, 3.05) is 19.5 Å². The molecule has 0 unspecified atom stereocenters. The predicted molar refractivity (Wildman–Crippen MR) is 150 cm³/mol. The second kappa shape index (κ2) is 9.37. The van der Waals surface area contributed by atoms with Crippen molar-refractivity contribution in [3.05, 3.63) is 53.7 Å². The van der Waals surface area contributed by atoms with Crippen LogP contribution in [0.15, 0.2) is 42.5 Å². The second-order valence-corrected chi connectivity index (χ2v) is 11.9. The molecule has 2 aliphatic rings. The SMILES string of the molecule is COc1ccc(NC(=O)C(C)(C)N(C(=O)C[C@H]2[C@H](c3c(C)[nH]c4ccccc34)C2(C)C)C2CC2)c(OC)c1. The third-order valence-corrected chi connectivity index (χ3v) is 8.69. The number of aryl methyl sites for hydroxylation is 1. The van der Waals surface area contributed by atoms with Crippen LogP contribution in [0.4, 0.5) is 5.69 Å². The number of anilines is 1. The van der Waals surface area contributed by atoms with Gasteiger partial charge in [0, 0.05) is 35.1 Å². The van der Waals surface area contributed by atoms with E-state index in [0.29, 0.717) is 29.5 Å². The molecule has 2 atom stereocenters. The quantitative estimate of drug-likeness (QED) is 0.363. The van der Waals surface area contributed by atoms with Crippen LogP contribution in [0.5, 0.6) is 11.5 Å². The van der Waals surface area contributed by atoms with Crippen LogP contribution in [0, 0.1) is 18.3 Å². The van der Waals surface area contributed by atoms with Crippen LogP contribution >= 0.6 is 0 Å². The van der Waals surface area contributed by atoms with E-state index < -0.39 is 5.54 Å². The number of aromatic amines is 1. The number of H-pyrrole nitrogens is 1. The molecule has 0 saturated heterocycles. The number of rotatable bonds is 9. The van der Waals surface area contributed by atoms with Gasteiger partial charge in [0.05, 0.1) is 19.9 Å². The average Bonchev–Trinajstić information content (AvgIpc) is 3.76. The first kappa shape index (κ1) is 26.1. The van der Waals surface area contributed by atoms with Crippen molar-refractivity contribution in [1.29, 1.82) is 0 Å². The number of carbonyl (C=O) groups excluding carboxylic acids is 2. The van der Waals surface area contributed by atoms with Crippen molar-refractivity contribution >= 4 is 28.4 Å².